The summed E-state index contributed by atoms with van der Waals surface area (Å²) in [5.74, 6) is -7.04. The molecule has 0 aliphatic carbocycles. The van der Waals surface area contributed by atoms with E-state index in [-0.39, 0.29) is 163 Å². The van der Waals surface area contributed by atoms with E-state index in [0.29, 0.717) is 24.3 Å². The number of thioether (sulfide) groups is 1. The predicted molar refractivity (Wildman–Crippen MR) is 233 cm³/mol. The van der Waals surface area contributed by atoms with E-state index >= 15 is 0 Å². The number of pyridine rings is 1. The van der Waals surface area contributed by atoms with Crippen LogP contribution in [0.4, 0.5) is 0 Å². The van der Waals surface area contributed by atoms with Gasteiger partial charge in [-0.3, -0.25) is 72.6 Å². The number of carbonyl (C=O) groups is 10. The summed E-state index contributed by atoms with van der Waals surface area (Å²) in [6, 6.07) is 0.647. The van der Waals surface area contributed by atoms with Gasteiger partial charge in [-0.05, 0) is 49.8 Å². The summed E-state index contributed by atoms with van der Waals surface area (Å²) in [6.45, 7) is 0.832. The van der Waals surface area contributed by atoms with E-state index < -0.39 is 71.3 Å². The Hall–Kier alpha value is -4.50. The van der Waals surface area contributed by atoms with Crippen molar-refractivity contribution in [3.8, 4) is 0 Å². The maximum Gasteiger partial charge on any atom is 0.326 e. The fourth-order valence-corrected chi connectivity index (χ4v) is 7.42. The first-order valence-corrected chi connectivity index (χ1v) is 22.5. The first-order chi connectivity index (χ1) is 30.9. The molecule has 2 aliphatic heterocycles. The predicted octanol–water partition coefficient (Wildman–Crippen LogP) is -1.96. The maximum atomic E-state index is 13.4. The van der Waals surface area contributed by atoms with Gasteiger partial charge in [-0.2, -0.15) is 11.8 Å². The number of carbonyl (C=O) groups excluding carboxylic acids is 6. The van der Waals surface area contributed by atoms with Crippen LogP contribution in [0, 0.1) is 39.9 Å². The molecule has 25 heteroatoms. The Bertz CT molecular complexity index is 1860. The number of Topliss-reactive ketones (excluding diaryl/α,β-unsaturated/α-hetero) is 1. The van der Waals surface area contributed by atoms with Gasteiger partial charge in [0.1, 0.15) is 6.04 Å². The topological polar surface area (TPSA) is 317 Å². The summed E-state index contributed by atoms with van der Waals surface area (Å²) in [5.41, 5.74) is 0.461. The molecule has 1 aromatic heterocycles. The molecule has 1 saturated heterocycles. The second-order valence-corrected chi connectivity index (χ2v) is 16.5. The van der Waals surface area contributed by atoms with Crippen LogP contribution in [-0.4, -0.2) is 218 Å². The number of unbranched alkanes of at least 4 members (excludes halogenated alkanes) is 1. The molecule has 0 radical (unpaired) electrons. The van der Waals surface area contributed by atoms with E-state index in [0.717, 1.165) is 17.1 Å². The number of nitrogens with one attached hydrogen (secondary N) is 3. The third-order valence-electron chi connectivity index (χ3n) is 10.5. The van der Waals surface area contributed by atoms with Crippen molar-refractivity contribution in [3.63, 3.8) is 0 Å². The Morgan fingerprint density at radius 2 is 1.20 bits per heavy atom. The van der Waals surface area contributed by atoms with E-state index in [2.05, 4.69) is 20.9 Å². The molecular weight excluding hydrogens is 1030 g/mol. The fraction of sp³-hybridized carbons (Fsp3) is 0.585. The number of imide groups is 1. The van der Waals surface area contributed by atoms with E-state index in [1.165, 1.54) is 30.1 Å². The van der Waals surface area contributed by atoms with Crippen LogP contribution in [0.2, 0.25) is 0 Å². The van der Waals surface area contributed by atoms with Gasteiger partial charge in [0.25, 0.3) is 17.7 Å². The molecule has 5 amide bonds. The van der Waals surface area contributed by atoms with Crippen LogP contribution in [-0.2, 0) is 49.7 Å². The number of amides is 5. The number of carboxylic acid groups (broad SMARTS) is 4. The molecular formula is C41H59GdN9O14S. The number of ketones is 1. The second-order valence-electron chi connectivity index (χ2n) is 15.5. The molecule has 3 heterocycles. The standard InChI is InChI=1S/C41H59N9O14S.Gd/c1-65-21-10-30(32(51)5-6-33(52)44-31(41(63)64)4-2-3-12-50-35(54)7-8-36(50)55)45-40(62)28-9-11-42-29(22-28)23-43-34(53)24-46-13-15-47(25-37(56)57)17-19-49(27-39(60)61)20-18-48(16-14-46)26-38(58)59;/h7-9,11,22,30-31H,2-6,10,12-21,23-27H2,1H3,(H,43,53)(H,44,52)(H,45,62)(H,56,57)(H,58,59)(H,60,61)(H,63,64);/t30-,31-;/m0./s1. The minimum atomic E-state index is -1.28. The number of aromatic nitrogens is 1. The summed E-state index contributed by atoms with van der Waals surface area (Å²) in [5, 5.41) is 45.9. The summed E-state index contributed by atoms with van der Waals surface area (Å²) in [4.78, 5) is 135. The molecule has 0 aromatic carbocycles. The van der Waals surface area contributed by atoms with Gasteiger partial charge in [-0.1, -0.05) is 0 Å². The van der Waals surface area contributed by atoms with Crippen molar-refractivity contribution in [2.75, 3.05) is 97.1 Å². The summed E-state index contributed by atoms with van der Waals surface area (Å²) in [7, 11) is 0. The fourth-order valence-electron chi connectivity index (χ4n) is 6.94. The van der Waals surface area contributed by atoms with E-state index in [9.17, 15) is 68.4 Å². The molecule has 3 rings (SSSR count). The molecule has 366 valence electrons. The van der Waals surface area contributed by atoms with Crippen LogP contribution >= 0.6 is 11.8 Å². The third kappa shape index (κ3) is 22.3. The first kappa shape index (κ1) is 57.6. The summed E-state index contributed by atoms with van der Waals surface area (Å²) < 4.78 is 0. The monoisotopic (exact) mass is 1090 g/mol. The number of carboxylic acids is 4. The number of hydrogen-bond acceptors (Lipinski definition) is 16. The van der Waals surface area contributed by atoms with E-state index in [1.807, 2.05) is 6.26 Å². The van der Waals surface area contributed by atoms with Crippen LogP contribution < -0.4 is 16.0 Å². The maximum absolute atomic E-state index is 13.4. The Kier molecular flexibility index (Phi) is 26.8. The number of hydrogen-bond donors (Lipinski definition) is 7. The largest absolute Gasteiger partial charge is 0.480 e. The summed E-state index contributed by atoms with van der Waals surface area (Å²) in [6.07, 6.45) is 5.79. The Balaban J connectivity index is 0.0000150. The second kappa shape index (κ2) is 30.7. The van der Waals surface area contributed by atoms with Gasteiger partial charge in [-0.15, -0.1) is 0 Å². The van der Waals surface area contributed by atoms with Crippen LogP contribution in [0.15, 0.2) is 30.5 Å². The normalized spacial score (nSPS) is 16.5. The zero-order valence-electron chi connectivity index (χ0n) is 36.7. The Morgan fingerprint density at radius 3 is 1.68 bits per heavy atom. The van der Waals surface area contributed by atoms with Crippen molar-refractivity contribution in [1.29, 1.82) is 0 Å². The number of rotatable bonds is 26. The molecule has 2 atom stereocenters. The minimum Gasteiger partial charge on any atom is -0.480 e. The van der Waals surface area contributed by atoms with Crippen molar-refractivity contribution < 1.29 is 108 Å². The third-order valence-corrected chi connectivity index (χ3v) is 11.1. The SMILES string of the molecule is CSCC[C@H](NC(=O)c1ccnc(CNC(=O)CN2CCN(CC(=O)O)CCN(CC(=O)O)CCN(CC(=O)O)CC2)c1)C(=O)CCC(=O)N[C@@H](CCCCN1C(=O)C=CC1=O)C(=O)O.[Gd]. The van der Waals surface area contributed by atoms with E-state index in [4.69, 9.17) is 0 Å². The van der Waals surface area contributed by atoms with Gasteiger partial charge in [0, 0.05) is 136 Å². The molecule has 0 bridgehead atoms. The van der Waals surface area contributed by atoms with Crippen LogP contribution in [0.1, 0.15) is 54.6 Å². The van der Waals surface area contributed by atoms with Crippen molar-refractivity contribution in [2.24, 2.45) is 0 Å². The molecule has 1 fully saturated rings. The number of nitrogens with zero attached hydrogens (tertiary/aromatic N) is 6. The summed E-state index contributed by atoms with van der Waals surface area (Å²) >= 11 is 1.44. The van der Waals surface area contributed by atoms with Crippen LogP contribution in [0.25, 0.3) is 0 Å². The zero-order valence-corrected chi connectivity index (χ0v) is 39.8. The molecule has 2 aliphatic rings. The Morgan fingerprint density at radius 1 is 0.682 bits per heavy atom. The minimum absolute atomic E-state index is 0. The van der Waals surface area contributed by atoms with Gasteiger partial charge in [0.15, 0.2) is 5.78 Å². The molecule has 0 spiro atoms. The smallest absolute Gasteiger partial charge is 0.326 e. The first-order valence-electron chi connectivity index (χ1n) is 21.1. The number of aliphatic carboxylic acids is 4. The van der Waals surface area contributed by atoms with Crippen molar-refractivity contribution >= 4 is 71.0 Å². The van der Waals surface area contributed by atoms with Gasteiger partial charge in [-0.25, -0.2) is 4.79 Å². The zero-order chi connectivity index (χ0) is 47.9. The molecule has 1 aromatic rings. The molecule has 0 unspecified atom stereocenters. The van der Waals surface area contributed by atoms with Crippen molar-refractivity contribution in [1.82, 2.24) is 45.4 Å². The molecule has 0 saturated carbocycles. The van der Waals surface area contributed by atoms with Gasteiger partial charge in [0.2, 0.25) is 11.8 Å². The van der Waals surface area contributed by atoms with E-state index in [1.54, 1.807) is 19.6 Å². The average molecular weight is 1090 g/mol. The van der Waals surface area contributed by atoms with Crippen molar-refractivity contribution in [2.45, 2.75) is 57.2 Å². The molecule has 66 heavy (non-hydrogen) atoms. The quantitative estimate of drug-likeness (QED) is 0.0391. The molecule has 23 nitrogen and oxygen atoms in total. The Labute approximate surface area is 418 Å². The molecule has 7 N–H and O–H groups in total. The van der Waals surface area contributed by atoms with Crippen molar-refractivity contribution in [3.05, 3.63) is 41.7 Å². The van der Waals surface area contributed by atoms with Crippen LogP contribution in [0.5, 0.6) is 0 Å². The van der Waals surface area contributed by atoms with Gasteiger partial charge in [0.05, 0.1) is 44.5 Å². The van der Waals surface area contributed by atoms with Gasteiger partial charge >= 0.3 is 23.9 Å². The average Bonchev–Trinajstić information content (AvgIpc) is 3.57. The van der Waals surface area contributed by atoms with Gasteiger partial charge < -0.3 is 36.4 Å². The van der Waals surface area contributed by atoms with Crippen LogP contribution in [0.3, 0.4) is 0 Å².